The Hall–Kier alpha value is -1.24. The highest BCUT2D eigenvalue weighted by atomic mass is 32.2. The first-order valence-electron chi connectivity index (χ1n) is 6.82. The standard InChI is InChI=1S/C13H20N2O4S/c1-4-5-6-19-12(18)11-15-8(16)7-14-10(17)9(15)13(2,3)20-11/h9,11H,4-7H2,1-3H3,(H,14,17). The first kappa shape index (κ1) is 15.2. The molecule has 0 radical (unpaired) electrons. The molecule has 2 aliphatic rings. The molecule has 0 aromatic heterocycles. The van der Waals surface area contributed by atoms with E-state index in [0.29, 0.717) is 6.61 Å². The number of esters is 1. The number of fused-ring (bicyclic) bond motifs is 1. The lowest BCUT2D eigenvalue weighted by Gasteiger charge is -2.34. The van der Waals surface area contributed by atoms with Gasteiger partial charge in [-0.3, -0.25) is 9.59 Å². The van der Waals surface area contributed by atoms with Crippen LogP contribution >= 0.6 is 11.8 Å². The maximum absolute atomic E-state index is 12.1. The second-order valence-corrected chi connectivity index (χ2v) is 7.25. The van der Waals surface area contributed by atoms with E-state index in [9.17, 15) is 14.4 Å². The molecule has 2 fully saturated rings. The normalized spacial score (nSPS) is 28.1. The summed E-state index contributed by atoms with van der Waals surface area (Å²) < 4.78 is 4.70. The summed E-state index contributed by atoms with van der Waals surface area (Å²) in [4.78, 5) is 37.6. The maximum Gasteiger partial charge on any atom is 0.339 e. The molecule has 0 bridgehead atoms. The molecule has 2 unspecified atom stereocenters. The van der Waals surface area contributed by atoms with Gasteiger partial charge in [0.05, 0.1) is 13.2 Å². The molecule has 7 heteroatoms. The minimum Gasteiger partial charge on any atom is -0.464 e. The van der Waals surface area contributed by atoms with E-state index < -0.39 is 22.1 Å². The van der Waals surface area contributed by atoms with Crippen LogP contribution in [0, 0.1) is 0 Å². The molecule has 2 aliphatic heterocycles. The number of unbranched alkanes of at least 4 members (excludes halogenated alkanes) is 1. The number of nitrogens with zero attached hydrogens (tertiary/aromatic N) is 1. The van der Waals surface area contributed by atoms with Crippen molar-refractivity contribution in [1.29, 1.82) is 0 Å². The molecule has 0 spiro atoms. The van der Waals surface area contributed by atoms with Crippen molar-refractivity contribution in [1.82, 2.24) is 10.2 Å². The van der Waals surface area contributed by atoms with Crippen LogP contribution in [0.5, 0.6) is 0 Å². The van der Waals surface area contributed by atoms with Gasteiger partial charge in [-0.2, -0.15) is 0 Å². The van der Waals surface area contributed by atoms with Gasteiger partial charge >= 0.3 is 5.97 Å². The number of hydrogen-bond acceptors (Lipinski definition) is 5. The van der Waals surface area contributed by atoms with Crippen LogP contribution < -0.4 is 5.32 Å². The zero-order chi connectivity index (χ0) is 14.9. The second kappa shape index (κ2) is 5.63. The molecule has 6 nitrogen and oxygen atoms in total. The van der Waals surface area contributed by atoms with Gasteiger partial charge in [0.25, 0.3) is 0 Å². The summed E-state index contributed by atoms with van der Waals surface area (Å²) in [5.41, 5.74) is 0. The molecular formula is C13H20N2O4S. The van der Waals surface area contributed by atoms with Gasteiger partial charge in [-0.05, 0) is 20.3 Å². The number of ether oxygens (including phenoxy) is 1. The minimum absolute atomic E-state index is 0.0509. The van der Waals surface area contributed by atoms with Crippen LogP contribution in [0.2, 0.25) is 0 Å². The van der Waals surface area contributed by atoms with E-state index in [1.54, 1.807) is 0 Å². The predicted molar refractivity (Wildman–Crippen MR) is 75.0 cm³/mol. The van der Waals surface area contributed by atoms with Crippen molar-refractivity contribution in [3.63, 3.8) is 0 Å². The fourth-order valence-corrected chi connectivity index (χ4v) is 3.94. The molecule has 1 N–H and O–H groups in total. The van der Waals surface area contributed by atoms with Crippen LogP contribution in [0.4, 0.5) is 0 Å². The number of thioether (sulfide) groups is 1. The Morgan fingerprint density at radius 2 is 2.20 bits per heavy atom. The van der Waals surface area contributed by atoms with E-state index in [1.807, 2.05) is 20.8 Å². The third kappa shape index (κ3) is 2.63. The van der Waals surface area contributed by atoms with E-state index in [1.165, 1.54) is 16.7 Å². The molecule has 20 heavy (non-hydrogen) atoms. The molecule has 2 saturated heterocycles. The number of amides is 2. The zero-order valence-electron chi connectivity index (χ0n) is 12.0. The van der Waals surface area contributed by atoms with Crippen LogP contribution in [0.15, 0.2) is 0 Å². The fourth-order valence-electron chi connectivity index (χ4n) is 2.50. The minimum atomic E-state index is -0.717. The van der Waals surface area contributed by atoms with E-state index in [-0.39, 0.29) is 18.4 Å². The number of nitrogens with one attached hydrogen (secondary N) is 1. The fraction of sp³-hybridized carbons (Fsp3) is 0.769. The zero-order valence-corrected chi connectivity index (χ0v) is 12.8. The first-order valence-corrected chi connectivity index (χ1v) is 7.69. The van der Waals surface area contributed by atoms with Gasteiger partial charge in [-0.1, -0.05) is 13.3 Å². The third-order valence-electron chi connectivity index (χ3n) is 3.50. The van der Waals surface area contributed by atoms with Crippen LogP contribution in [0.25, 0.3) is 0 Å². The Morgan fingerprint density at radius 1 is 1.50 bits per heavy atom. The Kier molecular flexibility index (Phi) is 4.27. The van der Waals surface area contributed by atoms with Gasteiger partial charge in [-0.25, -0.2) is 4.79 Å². The molecule has 2 atom stereocenters. The third-order valence-corrected chi connectivity index (χ3v) is 4.97. The summed E-state index contributed by atoms with van der Waals surface area (Å²) >= 11 is 1.32. The lowest BCUT2D eigenvalue weighted by atomic mass is 9.99. The Bertz CT molecular complexity index is 438. The Labute approximate surface area is 122 Å². The lowest BCUT2D eigenvalue weighted by Crippen LogP contribution is -2.62. The SMILES string of the molecule is CCCCOC(=O)C1SC(C)(C)C2C(=O)NCC(=O)N12. The van der Waals surface area contributed by atoms with Crippen molar-refractivity contribution in [2.45, 2.75) is 49.8 Å². The average molecular weight is 300 g/mol. The van der Waals surface area contributed by atoms with Crippen molar-refractivity contribution in [3.8, 4) is 0 Å². The first-order chi connectivity index (χ1) is 9.38. The number of hydrogen-bond donors (Lipinski definition) is 1. The summed E-state index contributed by atoms with van der Waals surface area (Å²) in [6, 6.07) is -0.613. The van der Waals surface area contributed by atoms with Crippen molar-refractivity contribution >= 4 is 29.5 Å². The highest BCUT2D eigenvalue weighted by Crippen LogP contribution is 2.45. The molecule has 0 aliphatic carbocycles. The summed E-state index contributed by atoms with van der Waals surface area (Å²) in [5, 5.41) is 1.86. The molecular weight excluding hydrogens is 280 g/mol. The van der Waals surface area contributed by atoms with Crippen LogP contribution in [-0.2, 0) is 19.1 Å². The van der Waals surface area contributed by atoms with Crippen LogP contribution in [0.3, 0.4) is 0 Å². The van der Waals surface area contributed by atoms with E-state index in [4.69, 9.17) is 4.74 Å². The lowest BCUT2D eigenvalue weighted by molar-refractivity contribution is -0.156. The molecule has 2 heterocycles. The predicted octanol–water partition coefficient (Wildman–Crippen LogP) is 0.508. The summed E-state index contributed by atoms with van der Waals surface area (Å²) in [7, 11) is 0. The maximum atomic E-state index is 12.1. The van der Waals surface area contributed by atoms with Crippen LogP contribution in [-0.4, -0.2) is 52.0 Å². The van der Waals surface area contributed by atoms with Crippen molar-refractivity contribution in [3.05, 3.63) is 0 Å². The largest absolute Gasteiger partial charge is 0.464 e. The van der Waals surface area contributed by atoms with Crippen molar-refractivity contribution in [2.24, 2.45) is 0 Å². The molecule has 0 aromatic carbocycles. The molecule has 112 valence electrons. The van der Waals surface area contributed by atoms with Crippen LogP contribution in [0.1, 0.15) is 33.6 Å². The molecule has 0 aromatic rings. The van der Waals surface area contributed by atoms with E-state index in [2.05, 4.69) is 5.32 Å². The Morgan fingerprint density at radius 3 is 2.85 bits per heavy atom. The topological polar surface area (TPSA) is 75.7 Å². The number of piperazine rings is 1. The summed E-state index contributed by atoms with van der Waals surface area (Å²) in [6.07, 6.45) is 1.73. The monoisotopic (exact) mass is 300 g/mol. The van der Waals surface area contributed by atoms with Gasteiger partial charge in [0.2, 0.25) is 11.8 Å². The average Bonchev–Trinajstić information content (AvgIpc) is 2.67. The molecule has 0 saturated carbocycles. The number of rotatable bonds is 4. The van der Waals surface area contributed by atoms with Gasteiger partial charge in [0, 0.05) is 4.75 Å². The smallest absolute Gasteiger partial charge is 0.339 e. The summed E-state index contributed by atoms with van der Waals surface area (Å²) in [5.74, 6) is -0.863. The van der Waals surface area contributed by atoms with Gasteiger partial charge in [0.1, 0.15) is 6.04 Å². The van der Waals surface area contributed by atoms with Gasteiger partial charge < -0.3 is 15.0 Å². The van der Waals surface area contributed by atoms with Gasteiger partial charge in [-0.15, -0.1) is 11.8 Å². The quantitative estimate of drug-likeness (QED) is 0.605. The molecule has 2 rings (SSSR count). The summed E-state index contributed by atoms with van der Waals surface area (Å²) in [6.45, 7) is 6.05. The number of carbonyl (C=O) groups excluding carboxylic acids is 3. The number of carbonyl (C=O) groups is 3. The van der Waals surface area contributed by atoms with Crippen molar-refractivity contribution < 1.29 is 19.1 Å². The van der Waals surface area contributed by atoms with E-state index >= 15 is 0 Å². The van der Waals surface area contributed by atoms with Gasteiger partial charge in [0.15, 0.2) is 5.37 Å². The Balaban J connectivity index is 2.16. The highest BCUT2D eigenvalue weighted by molar-refractivity contribution is 8.02. The second-order valence-electron chi connectivity index (χ2n) is 5.52. The highest BCUT2D eigenvalue weighted by Gasteiger charge is 2.57. The van der Waals surface area contributed by atoms with E-state index in [0.717, 1.165) is 12.8 Å². The van der Waals surface area contributed by atoms with Crippen molar-refractivity contribution in [2.75, 3.05) is 13.2 Å². The molecule has 2 amide bonds.